The molecule has 1 unspecified atom stereocenters. The fourth-order valence-electron chi connectivity index (χ4n) is 4.30. The first-order valence-electron chi connectivity index (χ1n) is 10.9. The average Bonchev–Trinajstić information content (AvgIpc) is 2.97. The number of hydrogen-bond donors (Lipinski definition) is 4. The maximum atomic E-state index is 13.6. The minimum absolute atomic E-state index is 0.0468. The number of halogens is 2. The monoisotopic (exact) mass is 438 g/mol. The SMILES string of the molecule is O=C(O)CCCCCC[C@@H]1[C@@H](CCC(O)C=C=Cc2ccc(F)cc2F)[C@H](O)C[C@@H]1O. The highest BCUT2D eigenvalue weighted by atomic mass is 19.1. The summed E-state index contributed by atoms with van der Waals surface area (Å²) in [4.78, 5) is 10.5. The molecule has 31 heavy (non-hydrogen) atoms. The summed E-state index contributed by atoms with van der Waals surface area (Å²) >= 11 is 0. The Labute approximate surface area is 181 Å². The van der Waals surface area contributed by atoms with Crippen LogP contribution in [0.5, 0.6) is 0 Å². The summed E-state index contributed by atoms with van der Waals surface area (Å²) in [5.41, 5.74) is 2.88. The Balaban J connectivity index is 1.80. The van der Waals surface area contributed by atoms with E-state index in [9.17, 15) is 28.9 Å². The molecule has 1 aromatic rings. The summed E-state index contributed by atoms with van der Waals surface area (Å²) in [5, 5.41) is 39.4. The van der Waals surface area contributed by atoms with E-state index in [2.05, 4.69) is 5.73 Å². The number of aliphatic hydroxyl groups excluding tert-OH is 3. The van der Waals surface area contributed by atoms with Gasteiger partial charge in [0, 0.05) is 18.1 Å². The summed E-state index contributed by atoms with van der Waals surface area (Å²) < 4.78 is 26.5. The van der Waals surface area contributed by atoms with Crippen molar-refractivity contribution in [3.63, 3.8) is 0 Å². The number of carboxylic acid groups (broad SMARTS) is 1. The fraction of sp³-hybridized carbons (Fsp3) is 0.583. The van der Waals surface area contributed by atoms with Crippen molar-refractivity contribution in [1.29, 1.82) is 0 Å². The van der Waals surface area contributed by atoms with Crippen LogP contribution < -0.4 is 0 Å². The number of carbonyl (C=O) groups is 1. The van der Waals surface area contributed by atoms with Crippen LogP contribution in [0.15, 0.2) is 30.0 Å². The molecule has 0 heterocycles. The van der Waals surface area contributed by atoms with E-state index in [4.69, 9.17) is 5.11 Å². The molecule has 1 aliphatic rings. The van der Waals surface area contributed by atoms with E-state index in [-0.39, 0.29) is 23.8 Å². The van der Waals surface area contributed by atoms with Crippen molar-refractivity contribution < 1.29 is 34.0 Å². The molecular weight excluding hydrogens is 406 g/mol. The second-order valence-corrected chi connectivity index (χ2v) is 8.33. The minimum Gasteiger partial charge on any atom is -0.481 e. The van der Waals surface area contributed by atoms with Crippen LogP contribution in [0.2, 0.25) is 0 Å². The van der Waals surface area contributed by atoms with Gasteiger partial charge in [0.15, 0.2) is 0 Å². The summed E-state index contributed by atoms with van der Waals surface area (Å²) in [7, 11) is 0. The first-order valence-corrected chi connectivity index (χ1v) is 10.9. The molecule has 7 heteroatoms. The molecule has 0 aromatic heterocycles. The van der Waals surface area contributed by atoms with Gasteiger partial charge in [-0.2, -0.15) is 0 Å². The predicted octanol–water partition coefficient (Wildman–Crippen LogP) is 4.06. The third kappa shape index (κ3) is 8.54. The van der Waals surface area contributed by atoms with Crippen molar-refractivity contribution in [1.82, 2.24) is 0 Å². The molecule has 4 N–H and O–H groups in total. The van der Waals surface area contributed by atoms with Gasteiger partial charge >= 0.3 is 5.97 Å². The third-order valence-electron chi connectivity index (χ3n) is 5.99. The normalized spacial score (nSPS) is 23.9. The topological polar surface area (TPSA) is 98.0 Å². The molecule has 0 amide bonds. The Bertz CT molecular complexity index is 775. The van der Waals surface area contributed by atoms with E-state index in [1.807, 2.05) is 0 Å². The van der Waals surface area contributed by atoms with Crippen LogP contribution in [0.3, 0.4) is 0 Å². The van der Waals surface area contributed by atoms with Crippen molar-refractivity contribution in [3.8, 4) is 0 Å². The molecule has 0 saturated heterocycles. The third-order valence-corrected chi connectivity index (χ3v) is 5.99. The quantitative estimate of drug-likeness (QED) is 0.291. The standard InChI is InChI=1S/C24H32F2O5/c25-17-11-10-16(21(26)14-17)6-5-7-18(27)12-13-20-19(22(28)15-23(20)29)8-3-1-2-4-9-24(30)31/h6-7,10-11,14,18-20,22-23,27-29H,1-4,8-9,12-13,15H2,(H,30,31)/t5?,18?,19-,20-,22+,23-/m1/s1. The second kappa shape index (κ2) is 12.7. The lowest BCUT2D eigenvalue weighted by atomic mass is 9.85. The lowest BCUT2D eigenvalue weighted by molar-refractivity contribution is -0.137. The van der Waals surface area contributed by atoms with Gasteiger partial charge in [0.05, 0.1) is 18.3 Å². The zero-order chi connectivity index (χ0) is 22.8. The van der Waals surface area contributed by atoms with Gasteiger partial charge < -0.3 is 20.4 Å². The van der Waals surface area contributed by atoms with Gasteiger partial charge in [-0.3, -0.25) is 4.79 Å². The number of hydrogen-bond acceptors (Lipinski definition) is 4. The Hall–Kier alpha value is -2.05. The Morgan fingerprint density at radius 2 is 1.77 bits per heavy atom. The van der Waals surface area contributed by atoms with Crippen LogP contribution in [-0.4, -0.2) is 44.7 Å². The lowest BCUT2D eigenvalue weighted by Crippen LogP contribution is -2.23. The highest BCUT2D eigenvalue weighted by Crippen LogP contribution is 2.39. The van der Waals surface area contributed by atoms with Crippen molar-refractivity contribution in [2.75, 3.05) is 0 Å². The van der Waals surface area contributed by atoms with E-state index in [1.54, 1.807) is 0 Å². The summed E-state index contributed by atoms with van der Waals surface area (Å²) in [6.07, 6.45) is 6.07. The van der Waals surface area contributed by atoms with Gasteiger partial charge in [-0.1, -0.05) is 19.3 Å². The van der Waals surface area contributed by atoms with Crippen molar-refractivity contribution in [2.24, 2.45) is 11.8 Å². The van der Waals surface area contributed by atoms with Crippen LogP contribution in [0.4, 0.5) is 8.78 Å². The first kappa shape index (κ1) is 25.2. The smallest absolute Gasteiger partial charge is 0.303 e. The number of unbranched alkanes of at least 4 members (excludes halogenated alkanes) is 3. The second-order valence-electron chi connectivity index (χ2n) is 8.33. The van der Waals surface area contributed by atoms with E-state index >= 15 is 0 Å². The molecule has 0 bridgehead atoms. The van der Waals surface area contributed by atoms with Gasteiger partial charge in [-0.25, -0.2) is 8.78 Å². The minimum atomic E-state index is -0.832. The Kier molecular flexibility index (Phi) is 10.3. The highest BCUT2D eigenvalue weighted by Gasteiger charge is 2.40. The van der Waals surface area contributed by atoms with Gasteiger partial charge in [0.1, 0.15) is 11.6 Å². The molecule has 0 spiro atoms. The van der Waals surface area contributed by atoms with E-state index < -0.39 is 35.9 Å². The first-order chi connectivity index (χ1) is 14.8. The summed E-state index contributed by atoms with van der Waals surface area (Å²) in [6, 6.07) is 3.22. The predicted molar refractivity (Wildman–Crippen MR) is 113 cm³/mol. The van der Waals surface area contributed by atoms with Gasteiger partial charge in [0.2, 0.25) is 0 Å². The van der Waals surface area contributed by atoms with Crippen LogP contribution in [0.25, 0.3) is 6.08 Å². The number of carboxylic acids is 1. The number of aliphatic hydroxyl groups is 3. The molecule has 1 saturated carbocycles. The molecule has 1 fully saturated rings. The van der Waals surface area contributed by atoms with Crippen molar-refractivity contribution >= 4 is 12.0 Å². The molecule has 5 nitrogen and oxygen atoms in total. The van der Waals surface area contributed by atoms with Crippen LogP contribution in [0.1, 0.15) is 63.4 Å². The Morgan fingerprint density at radius 3 is 2.45 bits per heavy atom. The van der Waals surface area contributed by atoms with E-state index in [0.717, 1.165) is 37.8 Å². The molecule has 5 atom stereocenters. The zero-order valence-electron chi connectivity index (χ0n) is 17.6. The summed E-state index contributed by atoms with van der Waals surface area (Å²) in [6.45, 7) is 0. The average molecular weight is 439 g/mol. The highest BCUT2D eigenvalue weighted by molar-refractivity contribution is 5.66. The molecular formula is C24H32F2O5. The number of rotatable bonds is 12. The fourth-order valence-corrected chi connectivity index (χ4v) is 4.30. The van der Waals surface area contributed by atoms with Gasteiger partial charge in [-0.05, 0) is 68.2 Å². The van der Waals surface area contributed by atoms with Gasteiger partial charge in [0.25, 0.3) is 0 Å². The van der Waals surface area contributed by atoms with Crippen LogP contribution in [0, 0.1) is 23.5 Å². The summed E-state index contributed by atoms with van der Waals surface area (Å²) in [5.74, 6) is -2.32. The maximum Gasteiger partial charge on any atom is 0.303 e. The molecule has 172 valence electrons. The number of aliphatic carboxylic acids is 1. The van der Waals surface area contributed by atoms with E-state index in [1.165, 1.54) is 18.2 Å². The van der Waals surface area contributed by atoms with Crippen LogP contribution in [-0.2, 0) is 4.79 Å². The zero-order valence-corrected chi connectivity index (χ0v) is 17.6. The van der Waals surface area contributed by atoms with Gasteiger partial charge in [-0.15, -0.1) is 5.73 Å². The lowest BCUT2D eigenvalue weighted by Gasteiger charge is -2.24. The van der Waals surface area contributed by atoms with Crippen molar-refractivity contribution in [2.45, 2.75) is 76.1 Å². The molecule has 1 aliphatic carbocycles. The molecule has 0 aliphatic heterocycles. The molecule has 2 rings (SSSR count). The maximum absolute atomic E-state index is 13.6. The molecule has 0 radical (unpaired) electrons. The van der Waals surface area contributed by atoms with Crippen molar-refractivity contribution in [3.05, 3.63) is 47.2 Å². The van der Waals surface area contributed by atoms with Crippen LogP contribution >= 0.6 is 0 Å². The Morgan fingerprint density at radius 1 is 1.10 bits per heavy atom. The number of benzene rings is 1. The molecule has 1 aromatic carbocycles. The van der Waals surface area contributed by atoms with E-state index in [0.29, 0.717) is 25.7 Å². The largest absolute Gasteiger partial charge is 0.481 e.